The van der Waals surface area contributed by atoms with Crippen molar-refractivity contribution in [2.24, 2.45) is 5.14 Å². The second-order valence-electron chi connectivity index (χ2n) is 3.50. The molecule has 16 heavy (non-hydrogen) atoms. The van der Waals surface area contributed by atoms with Crippen LogP contribution in [0.5, 0.6) is 5.75 Å². The second-order valence-corrected chi connectivity index (χ2v) is 5.01. The van der Waals surface area contributed by atoms with Crippen molar-refractivity contribution in [3.05, 3.63) is 17.8 Å². The molecule has 1 saturated carbocycles. The number of nitrogens with zero attached hydrogens (tertiary/aromatic N) is 2. The lowest BCUT2D eigenvalue weighted by atomic mass is 10.3. The zero-order valence-electron chi connectivity index (χ0n) is 8.25. The zero-order chi connectivity index (χ0) is 11.8. The molecule has 0 radical (unpaired) electrons. The van der Waals surface area contributed by atoms with Gasteiger partial charge in [-0.1, -0.05) is 0 Å². The van der Waals surface area contributed by atoms with E-state index in [1.165, 1.54) is 12.1 Å². The molecule has 1 aliphatic carbocycles. The number of nitrogens with two attached hydrogens (primary N) is 1. The Morgan fingerprint density at radius 3 is 2.69 bits per heavy atom. The topological polar surface area (TPSA) is 106 Å². The molecular weight excluding hydrogens is 230 g/mol. The van der Waals surface area contributed by atoms with Crippen LogP contribution in [0.2, 0.25) is 0 Å². The summed E-state index contributed by atoms with van der Waals surface area (Å²) in [7, 11) is -3.92. The van der Waals surface area contributed by atoms with Gasteiger partial charge in [0.2, 0.25) is 0 Å². The molecule has 84 valence electrons. The minimum Gasteiger partial charge on any atom is -0.490 e. The van der Waals surface area contributed by atoms with Crippen LogP contribution >= 0.6 is 0 Å². The first-order valence-electron chi connectivity index (χ1n) is 4.61. The van der Waals surface area contributed by atoms with Gasteiger partial charge in [0.1, 0.15) is 17.5 Å². The van der Waals surface area contributed by atoms with Crippen molar-refractivity contribution in [3.8, 4) is 11.8 Å². The van der Waals surface area contributed by atoms with Gasteiger partial charge in [-0.25, -0.2) is 18.5 Å². The smallest absolute Gasteiger partial charge is 0.255 e. The Morgan fingerprint density at radius 1 is 1.50 bits per heavy atom. The van der Waals surface area contributed by atoms with Crippen LogP contribution in [-0.4, -0.2) is 19.5 Å². The molecule has 7 heteroatoms. The molecule has 1 heterocycles. The highest BCUT2D eigenvalue weighted by atomic mass is 32.2. The van der Waals surface area contributed by atoms with Crippen LogP contribution in [0.3, 0.4) is 0 Å². The van der Waals surface area contributed by atoms with E-state index in [0.29, 0.717) is 5.75 Å². The monoisotopic (exact) mass is 239 g/mol. The summed E-state index contributed by atoms with van der Waals surface area (Å²) in [6.45, 7) is 0. The molecular formula is C9H9N3O3S. The highest BCUT2D eigenvalue weighted by molar-refractivity contribution is 7.89. The van der Waals surface area contributed by atoms with Crippen molar-refractivity contribution in [2.75, 3.05) is 0 Å². The van der Waals surface area contributed by atoms with Gasteiger partial charge in [-0.05, 0) is 12.8 Å². The Labute approximate surface area is 92.7 Å². The maximum atomic E-state index is 11.1. The number of ether oxygens (including phenoxy) is 1. The van der Waals surface area contributed by atoms with Gasteiger partial charge in [-0.2, -0.15) is 5.26 Å². The third kappa shape index (κ3) is 2.48. The SMILES string of the molecule is N#Cc1cc(OC2CC2)cc(S(N)(=O)=O)n1. The average Bonchev–Trinajstić information content (AvgIpc) is 3.00. The minimum atomic E-state index is -3.92. The zero-order valence-corrected chi connectivity index (χ0v) is 9.07. The third-order valence-electron chi connectivity index (χ3n) is 2.01. The summed E-state index contributed by atoms with van der Waals surface area (Å²) in [6.07, 6.45) is 1.99. The normalized spacial score (nSPS) is 15.5. The van der Waals surface area contributed by atoms with Crippen LogP contribution in [0.4, 0.5) is 0 Å². The minimum absolute atomic E-state index is 0.0258. The highest BCUT2D eigenvalue weighted by Gasteiger charge is 2.24. The third-order valence-corrected chi connectivity index (χ3v) is 2.80. The quantitative estimate of drug-likeness (QED) is 0.807. The van der Waals surface area contributed by atoms with Crippen LogP contribution in [0.25, 0.3) is 0 Å². The Morgan fingerprint density at radius 2 is 2.19 bits per heavy atom. The molecule has 0 atom stereocenters. The molecule has 1 aliphatic rings. The van der Waals surface area contributed by atoms with Crippen molar-refractivity contribution in [1.29, 1.82) is 5.26 Å². The Balaban J connectivity index is 2.42. The molecule has 0 bridgehead atoms. The van der Waals surface area contributed by atoms with E-state index in [2.05, 4.69) is 4.98 Å². The number of nitriles is 1. The Kier molecular flexibility index (Phi) is 2.53. The van der Waals surface area contributed by atoms with Gasteiger partial charge in [0.25, 0.3) is 10.0 Å². The predicted octanol–water partition coefficient (Wildman–Crippen LogP) is 0.142. The number of hydrogen-bond acceptors (Lipinski definition) is 5. The standard InChI is InChI=1S/C9H9N3O3S/c10-5-6-3-8(15-7-1-2-7)4-9(12-6)16(11,13)14/h3-4,7H,1-2H2,(H2,11,13,14). The first-order valence-corrected chi connectivity index (χ1v) is 6.15. The van der Waals surface area contributed by atoms with Crippen molar-refractivity contribution >= 4 is 10.0 Å². The van der Waals surface area contributed by atoms with Crippen molar-refractivity contribution < 1.29 is 13.2 Å². The molecule has 0 unspecified atom stereocenters. The van der Waals surface area contributed by atoms with Crippen LogP contribution in [0.15, 0.2) is 17.2 Å². The number of sulfonamides is 1. The number of aromatic nitrogens is 1. The van der Waals surface area contributed by atoms with Gasteiger partial charge >= 0.3 is 0 Å². The molecule has 2 rings (SSSR count). The van der Waals surface area contributed by atoms with Gasteiger partial charge in [0, 0.05) is 12.1 Å². The lowest BCUT2D eigenvalue weighted by molar-refractivity contribution is 0.301. The molecule has 1 aromatic rings. The Hall–Kier alpha value is -1.65. The van der Waals surface area contributed by atoms with E-state index in [9.17, 15) is 8.42 Å². The summed E-state index contributed by atoms with van der Waals surface area (Å²) >= 11 is 0. The lowest BCUT2D eigenvalue weighted by Crippen LogP contribution is -2.15. The van der Waals surface area contributed by atoms with E-state index in [1.54, 1.807) is 6.07 Å². The molecule has 6 nitrogen and oxygen atoms in total. The number of rotatable bonds is 3. The van der Waals surface area contributed by atoms with Crippen LogP contribution in [-0.2, 0) is 10.0 Å². The first kappa shape index (κ1) is 10.9. The number of pyridine rings is 1. The maximum Gasteiger partial charge on any atom is 0.255 e. The fourth-order valence-electron chi connectivity index (χ4n) is 1.13. The average molecular weight is 239 g/mol. The lowest BCUT2D eigenvalue weighted by Gasteiger charge is -2.05. The van der Waals surface area contributed by atoms with Gasteiger partial charge in [-0.15, -0.1) is 0 Å². The van der Waals surface area contributed by atoms with Crippen LogP contribution in [0.1, 0.15) is 18.5 Å². The molecule has 0 spiro atoms. The first-order chi connectivity index (χ1) is 7.49. The second kappa shape index (κ2) is 3.73. The molecule has 0 aromatic carbocycles. The van der Waals surface area contributed by atoms with Crippen LogP contribution < -0.4 is 9.88 Å². The van der Waals surface area contributed by atoms with Crippen LogP contribution in [0, 0.1) is 11.3 Å². The highest BCUT2D eigenvalue weighted by Crippen LogP contribution is 2.27. The summed E-state index contributed by atoms with van der Waals surface area (Å²) in [5.41, 5.74) is -0.0258. The predicted molar refractivity (Wildman–Crippen MR) is 54.0 cm³/mol. The van der Waals surface area contributed by atoms with E-state index in [-0.39, 0.29) is 16.8 Å². The molecule has 1 aromatic heterocycles. The largest absolute Gasteiger partial charge is 0.490 e. The summed E-state index contributed by atoms with van der Waals surface area (Å²) in [4.78, 5) is 3.60. The summed E-state index contributed by atoms with van der Waals surface area (Å²) in [5.74, 6) is 0.318. The summed E-state index contributed by atoms with van der Waals surface area (Å²) < 4.78 is 27.6. The molecule has 1 fully saturated rings. The Bertz CT molecular complexity index is 558. The van der Waals surface area contributed by atoms with Gasteiger partial charge in [0.15, 0.2) is 5.03 Å². The van der Waals surface area contributed by atoms with Gasteiger partial charge in [0.05, 0.1) is 6.10 Å². The van der Waals surface area contributed by atoms with E-state index < -0.39 is 10.0 Å². The van der Waals surface area contributed by atoms with E-state index in [4.69, 9.17) is 15.1 Å². The molecule has 0 aliphatic heterocycles. The summed E-state index contributed by atoms with van der Waals surface area (Å²) in [6, 6.07) is 4.39. The molecule has 2 N–H and O–H groups in total. The van der Waals surface area contributed by atoms with E-state index >= 15 is 0 Å². The molecule has 0 saturated heterocycles. The van der Waals surface area contributed by atoms with Crippen molar-refractivity contribution in [3.63, 3.8) is 0 Å². The number of hydrogen-bond donors (Lipinski definition) is 1. The van der Waals surface area contributed by atoms with Gasteiger partial charge < -0.3 is 4.74 Å². The van der Waals surface area contributed by atoms with Gasteiger partial charge in [-0.3, -0.25) is 0 Å². The van der Waals surface area contributed by atoms with E-state index in [1.807, 2.05) is 0 Å². The van der Waals surface area contributed by atoms with Crippen molar-refractivity contribution in [1.82, 2.24) is 4.98 Å². The van der Waals surface area contributed by atoms with Crippen molar-refractivity contribution in [2.45, 2.75) is 24.0 Å². The van der Waals surface area contributed by atoms with E-state index in [0.717, 1.165) is 12.8 Å². The summed E-state index contributed by atoms with van der Waals surface area (Å²) in [5, 5.41) is 13.3. The fraction of sp³-hybridized carbons (Fsp3) is 0.333. The maximum absolute atomic E-state index is 11.1. The fourth-order valence-corrected chi connectivity index (χ4v) is 1.64. The molecule has 0 amide bonds. The number of primary sulfonamides is 1.